The molecule has 0 saturated heterocycles. The third kappa shape index (κ3) is 4.32. The third-order valence-electron chi connectivity index (χ3n) is 3.11. The van der Waals surface area contributed by atoms with Crippen LogP contribution in [0.5, 0.6) is 0 Å². The van der Waals surface area contributed by atoms with Crippen molar-refractivity contribution in [2.75, 3.05) is 6.61 Å². The average Bonchev–Trinajstić information content (AvgIpc) is 2.39. The molecular weight excluding hydrogens is 272 g/mol. The van der Waals surface area contributed by atoms with Crippen molar-refractivity contribution in [1.29, 1.82) is 0 Å². The zero-order valence-corrected chi connectivity index (χ0v) is 13.0. The molecule has 3 nitrogen and oxygen atoms in total. The van der Waals surface area contributed by atoms with Gasteiger partial charge in [0, 0.05) is 0 Å². The van der Waals surface area contributed by atoms with E-state index in [1.54, 1.807) is 43.3 Å². The highest BCUT2D eigenvalue weighted by Gasteiger charge is 2.27. The van der Waals surface area contributed by atoms with Gasteiger partial charge in [0.05, 0.1) is 16.8 Å². The number of hydrogen-bond acceptors (Lipinski definition) is 3. The van der Waals surface area contributed by atoms with Gasteiger partial charge < -0.3 is 5.11 Å². The van der Waals surface area contributed by atoms with Gasteiger partial charge in [0.1, 0.15) is 0 Å². The number of sulfone groups is 1. The fourth-order valence-electron chi connectivity index (χ4n) is 1.95. The Morgan fingerprint density at radius 2 is 1.75 bits per heavy atom. The van der Waals surface area contributed by atoms with E-state index in [-0.39, 0.29) is 6.61 Å². The van der Waals surface area contributed by atoms with Gasteiger partial charge in [-0.3, -0.25) is 0 Å². The second-order valence-electron chi connectivity index (χ2n) is 4.99. The summed E-state index contributed by atoms with van der Waals surface area (Å²) in [5, 5.41) is 8.38. The van der Waals surface area contributed by atoms with Gasteiger partial charge in [-0.2, -0.15) is 0 Å². The van der Waals surface area contributed by atoms with E-state index in [2.05, 4.69) is 0 Å². The summed E-state index contributed by atoms with van der Waals surface area (Å²) in [5.41, 5.74) is 1.75. The van der Waals surface area contributed by atoms with Crippen molar-refractivity contribution in [3.63, 3.8) is 0 Å². The molecule has 20 heavy (non-hydrogen) atoms. The van der Waals surface area contributed by atoms with E-state index in [0.29, 0.717) is 16.9 Å². The zero-order valence-electron chi connectivity index (χ0n) is 12.2. The van der Waals surface area contributed by atoms with E-state index >= 15 is 0 Å². The Balaban J connectivity index is 3.23. The molecule has 1 atom stereocenters. The topological polar surface area (TPSA) is 54.4 Å². The molecule has 0 aliphatic carbocycles. The number of rotatable bonds is 6. The summed E-state index contributed by atoms with van der Waals surface area (Å²) in [4.78, 5) is 0.317. The largest absolute Gasteiger partial charge is 0.392 e. The van der Waals surface area contributed by atoms with Crippen molar-refractivity contribution >= 4 is 9.84 Å². The molecule has 0 amide bonds. The molecule has 1 aromatic carbocycles. The summed E-state index contributed by atoms with van der Waals surface area (Å²) in [6.07, 6.45) is 3.89. The van der Waals surface area contributed by atoms with Gasteiger partial charge >= 0.3 is 0 Å². The molecule has 1 aromatic rings. The van der Waals surface area contributed by atoms with Crippen LogP contribution in [0.1, 0.15) is 27.2 Å². The Bertz CT molecular complexity index is 579. The molecular formula is C16H22O3S. The van der Waals surface area contributed by atoms with Crippen molar-refractivity contribution in [3.05, 3.63) is 53.6 Å². The summed E-state index contributed by atoms with van der Waals surface area (Å²) in [7, 11) is -3.44. The van der Waals surface area contributed by atoms with Crippen LogP contribution in [0, 0.1) is 0 Å². The first kappa shape index (κ1) is 16.7. The lowest BCUT2D eigenvalue weighted by Gasteiger charge is -2.17. The Morgan fingerprint density at radius 3 is 2.25 bits per heavy atom. The molecule has 0 radical (unpaired) electrons. The van der Waals surface area contributed by atoms with Crippen LogP contribution in [-0.2, 0) is 9.84 Å². The van der Waals surface area contributed by atoms with E-state index in [1.807, 2.05) is 19.9 Å². The molecule has 4 heteroatoms. The minimum Gasteiger partial charge on any atom is -0.392 e. The number of benzene rings is 1. The van der Waals surface area contributed by atoms with Gasteiger partial charge in [0.2, 0.25) is 0 Å². The molecule has 0 saturated carbocycles. The third-order valence-corrected chi connectivity index (χ3v) is 5.35. The van der Waals surface area contributed by atoms with Gasteiger partial charge in [-0.1, -0.05) is 41.5 Å². The maximum atomic E-state index is 12.7. The van der Waals surface area contributed by atoms with Crippen molar-refractivity contribution in [1.82, 2.24) is 0 Å². The standard InChI is InChI=1S/C16H22O3S/c1-13(2)9-10-16(14(3)11-12-17)20(18,19)15-7-5-4-6-8-15/h4-9,11,16-17H,10,12H2,1-3H3/b14-11+. The van der Waals surface area contributed by atoms with E-state index in [1.165, 1.54) is 0 Å². The van der Waals surface area contributed by atoms with Crippen LogP contribution in [0.2, 0.25) is 0 Å². The minimum absolute atomic E-state index is 0.151. The lowest BCUT2D eigenvalue weighted by Crippen LogP contribution is -2.22. The number of aliphatic hydroxyl groups is 1. The molecule has 1 N–H and O–H groups in total. The zero-order chi connectivity index (χ0) is 15.2. The average molecular weight is 294 g/mol. The van der Waals surface area contributed by atoms with E-state index in [9.17, 15) is 8.42 Å². The first-order valence-corrected chi connectivity index (χ1v) is 8.14. The lowest BCUT2D eigenvalue weighted by atomic mass is 10.1. The Kier molecular flexibility index (Phi) is 6.17. The van der Waals surface area contributed by atoms with Gasteiger partial charge in [-0.25, -0.2) is 8.42 Å². The first-order chi connectivity index (χ1) is 9.39. The summed E-state index contributed by atoms with van der Waals surface area (Å²) in [6, 6.07) is 8.45. The Labute approximate surface area is 121 Å². The quantitative estimate of drug-likeness (QED) is 0.820. The van der Waals surface area contributed by atoms with E-state index in [0.717, 1.165) is 5.57 Å². The monoisotopic (exact) mass is 294 g/mol. The van der Waals surface area contributed by atoms with Crippen LogP contribution in [0.4, 0.5) is 0 Å². The van der Waals surface area contributed by atoms with Crippen LogP contribution < -0.4 is 0 Å². The van der Waals surface area contributed by atoms with Gasteiger partial charge in [-0.05, 0) is 39.3 Å². The normalized spacial score (nSPS) is 13.9. The smallest absolute Gasteiger partial charge is 0.185 e. The number of aliphatic hydroxyl groups excluding tert-OH is 1. The van der Waals surface area contributed by atoms with Crippen LogP contribution in [0.3, 0.4) is 0 Å². The first-order valence-electron chi connectivity index (χ1n) is 6.59. The second kappa shape index (κ2) is 7.41. The van der Waals surface area contributed by atoms with E-state index < -0.39 is 15.1 Å². The Morgan fingerprint density at radius 1 is 1.15 bits per heavy atom. The molecule has 0 spiro atoms. The predicted octanol–water partition coefficient (Wildman–Crippen LogP) is 3.12. The van der Waals surface area contributed by atoms with Gasteiger partial charge in [0.15, 0.2) is 9.84 Å². The van der Waals surface area contributed by atoms with E-state index in [4.69, 9.17) is 5.11 Å². The molecule has 0 aromatic heterocycles. The molecule has 110 valence electrons. The predicted molar refractivity (Wildman–Crippen MR) is 82.3 cm³/mol. The van der Waals surface area contributed by atoms with Crippen molar-refractivity contribution in [2.45, 2.75) is 37.3 Å². The molecule has 1 unspecified atom stereocenters. The molecule has 0 aliphatic heterocycles. The molecule has 0 aliphatic rings. The highest BCUT2D eigenvalue weighted by Crippen LogP contribution is 2.24. The van der Waals surface area contributed by atoms with Crippen molar-refractivity contribution in [2.24, 2.45) is 0 Å². The number of allylic oxidation sites excluding steroid dienone is 2. The molecule has 1 rings (SSSR count). The fraction of sp³-hybridized carbons (Fsp3) is 0.375. The van der Waals surface area contributed by atoms with Crippen LogP contribution in [0.15, 0.2) is 58.5 Å². The summed E-state index contributed by atoms with van der Waals surface area (Å²) in [6.45, 7) is 5.48. The van der Waals surface area contributed by atoms with Gasteiger partial charge in [0.25, 0.3) is 0 Å². The lowest BCUT2D eigenvalue weighted by molar-refractivity contribution is 0.341. The van der Waals surface area contributed by atoms with Gasteiger partial charge in [-0.15, -0.1) is 0 Å². The fourth-order valence-corrected chi connectivity index (χ4v) is 3.75. The summed E-state index contributed by atoms with van der Waals surface area (Å²) in [5.74, 6) is 0. The van der Waals surface area contributed by atoms with Crippen LogP contribution in [0.25, 0.3) is 0 Å². The SMILES string of the molecule is CC(C)=CCC(/C(C)=C/CO)S(=O)(=O)c1ccccc1. The Hall–Kier alpha value is -1.39. The highest BCUT2D eigenvalue weighted by atomic mass is 32.2. The molecule has 0 bridgehead atoms. The molecule has 0 heterocycles. The maximum Gasteiger partial charge on any atom is 0.185 e. The van der Waals surface area contributed by atoms with Crippen molar-refractivity contribution < 1.29 is 13.5 Å². The maximum absolute atomic E-state index is 12.7. The van der Waals surface area contributed by atoms with Crippen molar-refractivity contribution in [3.8, 4) is 0 Å². The summed E-state index contributed by atoms with van der Waals surface area (Å²) >= 11 is 0. The second-order valence-corrected chi connectivity index (χ2v) is 7.13. The summed E-state index contributed by atoms with van der Waals surface area (Å²) < 4.78 is 25.4. The van der Waals surface area contributed by atoms with Crippen LogP contribution >= 0.6 is 0 Å². The highest BCUT2D eigenvalue weighted by molar-refractivity contribution is 7.92. The van der Waals surface area contributed by atoms with Crippen LogP contribution in [-0.4, -0.2) is 25.4 Å². The molecule has 0 fully saturated rings. The number of hydrogen-bond donors (Lipinski definition) is 1. The minimum atomic E-state index is -3.44.